The standard InChI is InChI=1S/C27H42O3/c1-17(6-5-7-18(2)25(29)30)22-10-11-23-21-9-8-19-16-20(28)12-14-26(19,3)24(21)13-15-27(22,23)4/h8-9,17-18,20,22-24,28H,5-7,10-16H2,1-4H3,(H,29,30)/t17-,18?,20+,22-,23+,24+,26+,27-/m1/s1. The fourth-order valence-corrected chi connectivity index (χ4v) is 8.03. The molecule has 0 amide bonds. The van der Waals surface area contributed by atoms with E-state index in [2.05, 4.69) is 32.9 Å². The Hall–Kier alpha value is -1.09. The van der Waals surface area contributed by atoms with E-state index in [0.29, 0.717) is 23.2 Å². The lowest BCUT2D eigenvalue weighted by atomic mass is 9.50. The second kappa shape index (κ2) is 8.11. The smallest absolute Gasteiger partial charge is 0.306 e. The van der Waals surface area contributed by atoms with Gasteiger partial charge in [0.2, 0.25) is 0 Å². The maximum Gasteiger partial charge on any atom is 0.306 e. The minimum absolute atomic E-state index is 0.145. The third-order valence-corrected chi connectivity index (χ3v) is 10.0. The van der Waals surface area contributed by atoms with Crippen molar-refractivity contribution in [1.29, 1.82) is 0 Å². The molecular weight excluding hydrogens is 372 g/mol. The molecule has 3 saturated carbocycles. The Balaban J connectivity index is 1.47. The van der Waals surface area contributed by atoms with Crippen LogP contribution in [0, 0.1) is 40.4 Å². The van der Waals surface area contributed by atoms with Crippen LogP contribution in [0.3, 0.4) is 0 Å². The van der Waals surface area contributed by atoms with Crippen LogP contribution in [0.25, 0.3) is 0 Å². The number of hydrogen-bond donors (Lipinski definition) is 2. The number of carboxylic acid groups (broad SMARTS) is 1. The number of allylic oxidation sites excluding steroid dienone is 3. The molecule has 0 spiro atoms. The number of aliphatic hydroxyl groups is 1. The minimum atomic E-state index is -0.658. The second-order valence-electron chi connectivity index (χ2n) is 11.7. The summed E-state index contributed by atoms with van der Waals surface area (Å²) in [6.45, 7) is 9.30. The second-order valence-corrected chi connectivity index (χ2v) is 11.7. The number of rotatable bonds is 6. The quantitative estimate of drug-likeness (QED) is 0.530. The van der Waals surface area contributed by atoms with Crippen LogP contribution in [0.2, 0.25) is 0 Å². The summed E-state index contributed by atoms with van der Waals surface area (Å²) in [6.07, 6.45) is 15.9. The van der Waals surface area contributed by atoms with Crippen molar-refractivity contribution in [1.82, 2.24) is 0 Å². The number of fused-ring (bicyclic) bond motifs is 5. The average molecular weight is 415 g/mol. The van der Waals surface area contributed by atoms with Crippen LogP contribution in [0.15, 0.2) is 23.3 Å². The zero-order valence-electron chi connectivity index (χ0n) is 19.5. The molecule has 3 heteroatoms. The Morgan fingerprint density at radius 3 is 2.57 bits per heavy atom. The van der Waals surface area contributed by atoms with Crippen LogP contribution in [0.5, 0.6) is 0 Å². The maximum atomic E-state index is 11.1. The van der Waals surface area contributed by atoms with Gasteiger partial charge in [0.25, 0.3) is 0 Å². The molecule has 4 rings (SSSR count). The van der Waals surface area contributed by atoms with Crippen LogP contribution in [-0.2, 0) is 4.79 Å². The number of hydrogen-bond acceptors (Lipinski definition) is 2. The van der Waals surface area contributed by atoms with E-state index in [9.17, 15) is 9.90 Å². The molecule has 1 unspecified atom stereocenters. The van der Waals surface area contributed by atoms with E-state index in [4.69, 9.17) is 5.11 Å². The average Bonchev–Trinajstić information content (AvgIpc) is 3.05. The first-order valence-electron chi connectivity index (χ1n) is 12.5. The molecule has 8 atom stereocenters. The Morgan fingerprint density at radius 1 is 1.07 bits per heavy atom. The van der Waals surface area contributed by atoms with E-state index >= 15 is 0 Å². The highest BCUT2D eigenvalue weighted by atomic mass is 16.4. The van der Waals surface area contributed by atoms with Crippen molar-refractivity contribution in [3.8, 4) is 0 Å². The molecule has 0 saturated heterocycles. The van der Waals surface area contributed by atoms with Gasteiger partial charge in [-0.25, -0.2) is 0 Å². The molecule has 4 aliphatic carbocycles. The van der Waals surface area contributed by atoms with Gasteiger partial charge in [-0.3, -0.25) is 4.79 Å². The summed E-state index contributed by atoms with van der Waals surface area (Å²) >= 11 is 0. The first-order valence-corrected chi connectivity index (χ1v) is 12.5. The molecule has 0 aliphatic heterocycles. The van der Waals surface area contributed by atoms with Crippen molar-refractivity contribution >= 4 is 5.97 Å². The molecule has 3 fully saturated rings. The van der Waals surface area contributed by atoms with Crippen LogP contribution >= 0.6 is 0 Å². The minimum Gasteiger partial charge on any atom is -0.481 e. The molecular formula is C27H42O3. The van der Waals surface area contributed by atoms with Crippen molar-refractivity contribution in [2.24, 2.45) is 40.4 Å². The summed E-state index contributed by atoms with van der Waals surface area (Å²) in [4.78, 5) is 11.1. The summed E-state index contributed by atoms with van der Waals surface area (Å²) in [5, 5.41) is 19.3. The van der Waals surface area contributed by atoms with Gasteiger partial charge in [0, 0.05) is 0 Å². The number of aliphatic hydroxyl groups excluding tert-OH is 1. The topological polar surface area (TPSA) is 57.5 Å². The predicted molar refractivity (Wildman–Crippen MR) is 121 cm³/mol. The largest absolute Gasteiger partial charge is 0.481 e. The summed E-state index contributed by atoms with van der Waals surface area (Å²) < 4.78 is 0. The molecule has 4 aliphatic rings. The van der Waals surface area contributed by atoms with Gasteiger partial charge < -0.3 is 10.2 Å². The van der Waals surface area contributed by atoms with Gasteiger partial charge in [0.1, 0.15) is 0 Å². The van der Waals surface area contributed by atoms with Gasteiger partial charge in [-0.1, -0.05) is 63.8 Å². The van der Waals surface area contributed by atoms with E-state index in [-0.39, 0.29) is 17.4 Å². The third-order valence-electron chi connectivity index (χ3n) is 10.0. The fraction of sp³-hybridized carbons (Fsp3) is 0.815. The van der Waals surface area contributed by atoms with Gasteiger partial charge in [-0.15, -0.1) is 0 Å². The predicted octanol–water partition coefficient (Wildman–Crippen LogP) is 6.37. The van der Waals surface area contributed by atoms with Crippen molar-refractivity contribution in [3.63, 3.8) is 0 Å². The fourth-order valence-electron chi connectivity index (χ4n) is 8.03. The molecule has 0 heterocycles. The van der Waals surface area contributed by atoms with Gasteiger partial charge in [0.05, 0.1) is 12.0 Å². The van der Waals surface area contributed by atoms with E-state index in [0.717, 1.165) is 44.4 Å². The van der Waals surface area contributed by atoms with Gasteiger partial charge in [-0.2, -0.15) is 0 Å². The van der Waals surface area contributed by atoms with E-state index in [1.54, 1.807) is 5.57 Å². The van der Waals surface area contributed by atoms with E-state index in [1.807, 2.05) is 6.92 Å². The Labute approximate surface area is 183 Å². The van der Waals surface area contributed by atoms with Crippen LogP contribution in [-0.4, -0.2) is 22.3 Å². The zero-order chi connectivity index (χ0) is 21.7. The highest BCUT2D eigenvalue weighted by Gasteiger charge is 2.56. The lowest BCUT2D eigenvalue weighted by molar-refractivity contribution is -0.141. The Morgan fingerprint density at radius 2 is 1.83 bits per heavy atom. The third kappa shape index (κ3) is 3.59. The summed E-state index contributed by atoms with van der Waals surface area (Å²) in [5.41, 5.74) is 3.88. The van der Waals surface area contributed by atoms with Crippen molar-refractivity contribution in [2.75, 3.05) is 0 Å². The molecule has 30 heavy (non-hydrogen) atoms. The summed E-state index contributed by atoms with van der Waals surface area (Å²) in [5.74, 6) is 1.94. The van der Waals surface area contributed by atoms with Gasteiger partial charge in [-0.05, 0) is 85.9 Å². The first-order chi connectivity index (χ1) is 14.2. The van der Waals surface area contributed by atoms with E-state index < -0.39 is 5.97 Å². The molecule has 3 nitrogen and oxygen atoms in total. The molecule has 0 radical (unpaired) electrons. The zero-order valence-corrected chi connectivity index (χ0v) is 19.5. The van der Waals surface area contributed by atoms with Crippen molar-refractivity contribution in [3.05, 3.63) is 23.3 Å². The number of carboxylic acids is 1. The van der Waals surface area contributed by atoms with E-state index in [1.165, 1.54) is 31.3 Å². The summed E-state index contributed by atoms with van der Waals surface area (Å²) in [6, 6.07) is 0. The molecule has 2 N–H and O–H groups in total. The molecule has 0 bridgehead atoms. The van der Waals surface area contributed by atoms with Crippen LogP contribution < -0.4 is 0 Å². The Kier molecular flexibility index (Phi) is 5.98. The monoisotopic (exact) mass is 414 g/mol. The number of aliphatic carboxylic acids is 1. The Bertz CT molecular complexity index is 736. The number of carbonyl (C=O) groups is 1. The van der Waals surface area contributed by atoms with Crippen molar-refractivity contribution < 1.29 is 15.0 Å². The van der Waals surface area contributed by atoms with Crippen molar-refractivity contribution in [2.45, 2.75) is 98.0 Å². The SMILES string of the molecule is CC(CCC[C@@H](C)[C@H]1CC[C@H]2C3=CC=C4C[C@@H](O)CC[C@]4(C)[C@H]3CC[C@]12C)C(=O)O. The lowest BCUT2D eigenvalue weighted by Gasteiger charge is -2.55. The highest BCUT2D eigenvalue weighted by Crippen LogP contribution is 2.66. The normalized spacial score (nSPS) is 42.3. The van der Waals surface area contributed by atoms with Crippen LogP contribution in [0.1, 0.15) is 91.9 Å². The maximum absolute atomic E-state index is 11.1. The van der Waals surface area contributed by atoms with Gasteiger partial charge in [0.15, 0.2) is 0 Å². The molecule has 0 aromatic heterocycles. The lowest BCUT2D eigenvalue weighted by Crippen LogP contribution is -2.46. The molecule has 0 aromatic carbocycles. The first kappa shape index (κ1) is 22.1. The van der Waals surface area contributed by atoms with Gasteiger partial charge >= 0.3 is 5.97 Å². The molecule has 168 valence electrons. The highest BCUT2D eigenvalue weighted by molar-refractivity contribution is 5.69. The molecule has 0 aromatic rings. The van der Waals surface area contributed by atoms with Crippen LogP contribution in [0.4, 0.5) is 0 Å². The summed E-state index contributed by atoms with van der Waals surface area (Å²) in [7, 11) is 0.